The Morgan fingerprint density at radius 3 is 2.64 bits per heavy atom. The Balaban J connectivity index is 1.26. The van der Waals surface area contributed by atoms with Crippen LogP contribution in [0, 0.1) is 17.2 Å². The molecule has 1 amide bonds. The number of carbonyl (C=O) groups is 1. The lowest BCUT2D eigenvalue weighted by Crippen LogP contribution is -2.24. The lowest BCUT2D eigenvalue weighted by atomic mass is 9.96. The van der Waals surface area contributed by atoms with E-state index in [0.29, 0.717) is 29.7 Å². The predicted molar refractivity (Wildman–Crippen MR) is 148 cm³/mol. The summed E-state index contributed by atoms with van der Waals surface area (Å²) in [5.74, 6) is 2.56. The Morgan fingerprint density at radius 2 is 1.90 bits per heavy atom. The van der Waals surface area contributed by atoms with Crippen molar-refractivity contribution in [3.8, 4) is 28.6 Å². The third kappa shape index (κ3) is 4.59. The van der Waals surface area contributed by atoms with E-state index < -0.39 is 0 Å². The molecule has 0 radical (unpaired) electrons. The molecule has 0 bridgehead atoms. The molecule has 0 saturated heterocycles. The van der Waals surface area contributed by atoms with Gasteiger partial charge in [0.2, 0.25) is 0 Å². The quantitative estimate of drug-likeness (QED) is 0.356. The van der Waals surface area contributed by atoms with Gasteiger partial charge in [-0.1, -0.05) is 12.1 Å². The highest BCUT2D eigenvalue weighted by atomic mass is 16.2. The fraction of sp³-hybridized carbons (Fsp3) is 0.323. The minimum absolute atomic E-state index is 0.0141. The molecule has 4 aromatic rings. The summed E-state index contributed by atoms with van der Waals surface area (Å²) >= 11 is 0. The highest BCUT2D eigenvalue weighted by Gasteiger charge is 2.32. The van der Waals surface area contributed by atoms with Gasteiger partial charge in [-0.05, 0) is 96.8 Å². The molecule has 3 heterocycles. The number of anilines is 1. The zero-order valence-corrected chi connectivity index (χ0v) is 21.9. The number of nitrogens with one attached hydrogen (secondary N) is 1. The van der Waals surface area contributed by atoms with E-state index >= 15 is 0 Å². The third-order valence-corrected chi connectivity index (χ3v) is 7.95. The van der Waals surface area contributed by atoms with Crippen molar-refractivity contribution in [2.45, 2.75) is 44.7 Å². The Hall–Kier alpha value is -4.35. The summed E-state index contributed by atoms with van der Waals surface area (Å²) in [6.45, 7) is 2.32. The molecular formula is C31H29N7O. The van der Waals surface area contributed by atoms with Gasteiger partial charge in [0.1, 0.15) is 12.1 Å². The van der Waals surface area contributed by atoms with Crippen molar-refractivity contribution >= 4 is 11.7 Å². The molecule has 2 aliphatic carbocycles. The second kappa shape index (κ2) is 9.44. The Labute approximate surface area is 227 Å². The van der Waals surface area contributed by atoms with E-state index in [9.17, 15) is 10.1 Å². The number of rotatable bonds is 8. The van der Waals surface area contributed by atoms with E-state index in [2.05, 4.69) is 39.8 Å². The van der Waals surface area contributed by atoms with Gasteiger partial charge in [-0.3, -0.25) is 9.69 Å². The van der Waals surface area contributed by atoms with Crippen molar-refractivity contribution in [3.63, 3.8) is 0 Å². The smallest absolute Gasteiger partial charge is 0.260 e. The fourth-order valence-corrected chi connectivity index (χ4v) is 5.38. The monoisotopic (exact) mass is 515 g/mol. The first-order chi connectivity index (χ1) is 19.1. The van der Waals surface area contributed by atoms with Crippen LogP contribution < -0.4 is 10.2 Å². The van der Waals surface area contributed by atoms with Crippen LogP contribution in [0.5, 0.6) is 0 Å². The summed E-state index contributed by atoms with van der Waals surface area (Å²) in [5, 5.41) is 21.6. The van der Waals surface area contributed by atoms with Crippen LogP contribution >= 0.6 is 0 Å². The summed E-state index contributed by atoms with van der Waals surface area (Å²) in [6, 6.07) is 18.2. The van der Waals surface area contributed by atoms with Gasteiger partial charge in [0.15, 0.2) is 5.82 Å². The maximum absolute atomic E-state index is 13.7. The van der Waals surface area contributed by atoms with Crippen LogP contribution in [0.15, 0.2) is 54.9 Å². The molecule has 8 heteroatoms. The molecular weight excluding hydrogens is 486 g/mol. The standard InChI is InChI=1S/C31H29N7O/c1-37-18-34-36-30(37)25-9-5-20(14-32)10-26(25)24-12-28(22-7-8-22)35-29(13-24)38-17-23-6-4-21(11-27(23)31(38)39)16-33-15-19-2-3-19/h4-6,9-13,18-19,22,33H,2-3,7-8,15-17H2,1H3. The number of hydrogen-bond donors (Lipinski definition) is 1. The summed E-state index contributed by atoms with van der Waals surface area (Å²) in [6.07, 6.45) is 6.49. The number of pyridine rings is 1. The zero-order valence-electron chi connectivity index (χ0n) is 21.9. The summed E-state index contributed by atoms with van der Waals surface area (Å²) < 4.78 is 1.87. The largest absolute Gasteiger partial charge is 0.317 e. The maximum atomic E-state index is 13.7. The number of fused-ring (bicyclic) bond motifs is 1. The molecule has 0 atom stereocenters. The molecule has 194 valence electrons. The van der Waals surface area contributed by atoms with Gasteiger partial charge >= 0.3 is 0 Å². The highest BCUT2D eigenvalue weighted by molar-refractivity contribution is 6.10. The molecule has 8 nitrogen and oxygen atoms in total. The molecule has 39 heavy (non-hydrogen) atoms. The van der Waals surface area contributed by atoms with E-state index in [1.54, 1.807) is 17.3 Å². The number of nitriles is 1. The van der Waals surface area contributed by atoms with Gasteiger partial charge < -0.3 is 9.88 Å². The second-order valence-corrected chi connectivity index (χ2v) is 11.0. The summed E-state index contributed by atoms with van der Waals surface area (Å²) in [4.78, 5) is 20.5. The van der Waals surface area contributed by atoms with Crippen LogP contribution in [0.25, 0.3) is 22.5 Å². The molecule has 2 saturated carbocycles. The SMILES string of the molecule is Cn1cnnc1-c1ccc(C#N)cc1-c1cc(C2CC2)nc(N2Cc3ccc(CNCC4CC4)cc3C2=O)c1. The van der Waals surface area contributed by atoms with Crippen LogP contribution in [0.2, 0.25) is 0 Å². The van der Waals surface area contributed by atoms with Crippen LogP contribution in [-0.2, 0) is 20.1 Å². The molecule has 2 fully saturated rings. The van der Waals surface area contributed by atoms with E-state index in [-0.39, 0.29) is 5.91 Å². The first-order valence-electron chi connectivity index (χ1n) is 13.6. The Kier molecular flexibility index (Phi) is 5.75. The lowest BCUT2D eigenvalue weighted by Gasteiger charge is -2.18. The minimum atomic E-state index is -0.0141. The summed E-state index contributed by atoms with van der Waals surface area (Å²) in [7, 11) is 1.90. The van der Waals surface area contributed by atoms with Crippen molar-refractivity contribution in [1.82, 2.24) is 25.1 Å². The van der Waals surface area contributed by atoms with E-state index in [4.69, 9.17) is 4.98 Å². The number of hydrogen-bond acceptors (Lipinski definition) is 6. The topological polar surface area (TPSA) is 99.7 Å². The highest BCUT2D eigenvalue weighted by Crippen LogP contribution is 2.43. The minimum Gasteiger partial charge on any atom is -0.317 e. The van der Waals surface area contributed by atoms with Crippen LogP contribution in [-0.4, -0.2) is 32.2 Å². The van der Waals surface area contributed by atoms with Gasteiger partial charge in [-0.15, -0.1) is 10.2 Å². The van der Waals surface area contributed by atoms with E-state index in [1.807, 2.05) is 35.9 Å². The molecule has 2 aromatic heterocycles. The maximum Gasteiger partial charge on any atom is 0.260 e. The zero-order chi connectivity index (χ0) is 26.5. The third-order valence-electron chi connectivity index (χ3n) is 7.95. The van der Waals surface area contributed by atoms with Crippen LogP contribution in [0.4, 0.5) is 5.82 Å². The van der Waals surface area contributed by atoms with Crippen molar-refractivity contribution in [2.24, 2.45) is 13.0 Å². The van der Waals surface area contributed by atoms with Crippen molar-refractivity contribution < 1.29 is 4.79 Å². The van der Waals surface area contributed by atoms with Gasteiger partial charge in [-0.2, -0.15) is 5.26 Å². The lowest BCUT2D eigenvalue weighted by molar-refractivity contribution is 0.0996. The molecule has 0 spiro atoms. The van der Waals surface area contributed by atoms with E-state index in [1.165, 1.54) is 12.8 Å². The molecule has 0 unspecified atom stereocenters. The van der Waals surface area contributed by atoms with Crippen LogP contribution in [0.1, 0.15) is 64.3 Å². The number of benzene rings is 2. The molecule has 1 aliphatic heterocycles. The van der Waals surface area contributed by atoms with Gasteiger partial charge in [0, 0.05) is 36.3 Å². The molecule has 3 aliphatic rings. The van der Waals surface area contributed by atoms with Crippen LogP contribution in [0.3, 0.4) is 0 Å². The number of carbonyl (C=O) groups excluding carboxylic acids is 1. The van der Waals surface area contributed by atoms with Crippen molar-refractivity contribution in [1.29, 1.82) is 5.26 Å². The summed E-state index contributed by atoms with van der Waals surface area (Å²) in [5.41, 5.74) is 7.15. The second-order valence-electron chi connectivity index (χ2n) is 11.0. The normalized spacial score (nSPS) is 16.4. The predicted octanol–water partition coefficient (Wildman–Crippen LogP) is 4.95. The number of aromatic nitrogens is 4. The van der Waals surface area contributed by atoms with Gasteiger partial charge in [0.05, 0.1) is 18.2 Å². The fourth-order valence-electron chi connectivity index (χ4n) is 5.38. The molecule has 7 rings (SSSR count). The molecule has 2 aromatic carbocycles. The average molecular weight is 516 g/mol. The van der Waals surface area contributed by atoms with Gasteiger partial charge in [-0.25, -0.2) is 4.98 Å². The number of amides is 1. The van der Waals surface area contributed by atoms with E-state index in [0.717, 1.165) is 70.9 Å². The Bertz CT molecular complexity index is 1640. The van der Waals surface area contributed by atoms with Crippen molar-refractivity contribution in [3.05, 3.63) is 82.8 Å². The van der Waals surface area contributed by atoms with Gasteiger partial charge in [0.25, 0.3) is 5.91 Å². The first-order valence-corrected chi connectivity index (χ1v) is 13.6. The molecule has 1 N–H and O–H groups in total. The van der Waals surface area contributed by atoms with Crippen molar-refractivity contribution in [2.75, 3.05) is 11.4 Å². The number of nitrogens with zero attached hydrogens (tertiary/aromatic N) is 6. The number of aryl methyl sites for hydroxylation is 1. The average Bonchev–Trinajstić information content (AvgIpc) is 3.89. The Morgan fingerprint density at radius 1 is 1.03 bits per heavy atom. The first kappa shape index (κ1) is 23.7.